The Morgan fingerprint density at radius 1 is 1.47 bits per heavy atom. The molecule has 0 aliphatic carbocycles. The number of benzene rings is 1. The maximum atomic E-state index is 10.1. The third-order valence-electron chi connectivity index (χ3n) is 4.16. The summed E-state index contributed by atoms with van der Waals surface area (Å²) in [7, 11) is 3.69. The Morgan fingerprint density at radius 2 is 2.21 bits per heavy atom. The lowest BCUT2D eigenvalue weighted by Crippen LogP contribution is -2.38. The fourth-order valence-electron chi connectivity index (χ4n) is 2.77. The lowest BCUT2D eigenvalue weighted by atomic mass is 10.0. The molecular weight excluding hydrogens is 242 g/mol. The molecule has 1 aromatic carbocycles. The van der Waals surface area contributed by atoms with Crippen LogP contribution in [0.15, 0.2) is 18.2 Å². The van der Waals surface area contributed by atoms with E-state index in [0.29, 0.717) is 11.8 Å². The highest BCUT2D eigenvalue weighted by Gasteiger charge is 2.31. The van der Waals surface area contributed by atoms with Gasteiger partial charge in [0.25, 0.3) is 0 Å². The van der Waals surface area contributed by atoms with E-state index in [2.05, 4.69) is 25.8 Å². The van der Waals surface area contributed by atoms with Crippen LogP contribution in [0.5, 0.6) is 11.5 Å². The molecule has 1 aliphatic rings. The first kappa shape index (κ1) is 14.2. The second-order valence-corrected chi connectivity index (χ2v) is 5.20. The monoisotopic (exact) mass is 265 g/mol. The van der Waals surface area contributed by atoms with Crippen molar-refractivity contribution in [3.8, 4) is 11.5 Å². The Hall–Kier alpha value is -1.26. The highest BCUT2D eigenvalue weighted by Crippen LogP contribution is 2.33. The van der Waals surface area contributed by atoms with Crippen molar-refractivity contribution in [2.24, 2.45) is 0 Å². The standard InChI is InChI=1S/C15H23NO3/c1-10(16(3)14-7-8-19-11(14)2)13-6-5-12(18-4)9-15(13)17/h5-6,9-11,14,17H,7-8H2,1-4H3. The van der Waals surface area contributed by atoms with Gasteiger partial charge < -0.3 is 14.6 Å². The van der Waals surface area contributed by atoms with Crippen molar-refractivity contribution in [1.82, 2.24) is 4.90 Å². The zero-order chi connectivity index (χ0) is 14.0. The molecule has 0 saturated carbocycles. The molecule has 0 radical (unpaired) electrons. The average molecular weight is 265 g/mol. The van der Waals surface area contributed by atoms with E-state index in [1.54, 1.807) is 13.2 Å². The van der Waals surface area contributed by atoms with Crippen LogP contribution in [0, 0.1) is 0 Å². The molecule has 3 atom stereocenters. The Balaban J connectivity index is 2.16. The number of hydrogen-bond acceptors (Lipinski definition) is 4. The van der Waals surface area contributed by atoms with Crippen LogP contribution in [0.2, 0.25) is 0 Å². The summed E-state index contributed by atoms with van der Waals surface area (Å²) < 4.78 is 10.7. The van der Waals surface area contributed by atoms with Gasteiger partial charge in [-0.05, 0) is 33.4 Å². The molecule has 19 heavy (non-hydrogen) atoms. The quantitative estimate of drug-likeness (QED) is 0.908. The maximum Gasteiger partial charge on any atom is 0.124 e. The normalized spacial score (nSPS) is 24.7. The van der Waals surface area contributed by atoms with E-state index >= 15 is 0 Å². The molecule has 4 heteroatoms. The minimum atomic E-state index is 0.139. The van der Waals surface area contributed by atoms with Crippen LogP contribution in [0.3, 0.4) is 0 Å². The predicted molar refractivity (Wildman–Crippen MR) is 74.7 cm³/mol. The molecule has 1 aromatic rings. The molecule has 1 fully saturated rings. The first-order valence-corrected chi connectivity index (χ1v) is 6.75. The zero-order valence-corrected chi connectivity index (χ0v) is 12.1. The molecule has 2 rings (SSSR count). The van der Waals surface area contributed by atoms with Crippen molar-refractivity contribution in [1.29, 1.82) is 0 Å². The molecule has 1 N–H and O–H groups in total. The molecular formula is C15H23NO3. The molecule has 1 saturated heterocycles. The summed E-state index contributed by atoms with van der Waals surface area (Å²) in [5.74, 6) is 0.957. The number of nitrogens with zero attached hydrogens (tertiary/aromatic N) is 1. The first-order valence-electron chi connectivity index (χ1n) is 6.75. The lowest BCUT2D eigenvalue weighted by Gasteiger charge is -2.32. The van der Waals surface area contributed by atoms with Gasteiger partial charge in [0.05, 0.1) is 13.2 Å². The van der Waals surface area contributed by atoms with Gasteiger partial charge in [0, 0.05) is 30.3 Å². The molecule has 0 aromatic heterocycles. The summed E-state index contributed by atoms with van der Waals surface area (Å²) in [6, 6.07) is 6.01. The largest absolute Gasteiger partial charge is 0.507 e. The van der Waals surface area contributed by atoms with Crippen LogP contribution < -0.4 is 4.74 Å². The van der Waals surface area contributed by atoms with Crippen LogP contribution in [0.25, 0.3) is 0 Å². The van der Waals surface area contributed by atoms with Gasteiger partial charge in [-0.15, -0.1) is 0 Å². The van der Waals surface area contributed by atoms with Crippen molar-refractivity contribution < 1.29 is 14.6 Å². The molecule has 1 heterocycles. The van der Waals surface area contributed by atoms with E-state index in [0.717, 1.165) is 18.6 Å². The average Bonchev–Trinajstić information content (AvgIpc) is 2.83. The predicted octanol–water partition coefficient (Wildman–Crippen LogP) is 2.57. The highest BCUT2D eigenvalue weighted by molar-refractivity contribution is 5.41. The number of phenols is 1. The van der Waals surface area contributed by atoms with Crippen LogP contribution in [0.4, 0.5) is 0 Å². The van der Waals surface area contributed by atoms with E-state index in [9.17, 15) is 5.11 Å². The fraction of sp³-hybridized carbons (Fsp3) is 0.600. The van der Waals surface area contributed by atoms with Gasteiger partial charge in [-0.1, -0.05) is 6.07 Å². The SMILES string of the molecule is COc1ccc(C(C)N(C)C2CCOC2C)c(O)c1. The Kier molecular flexibility index (Phi) is 4.32. The molecule has 1 aliphatic heterocycles. The van der Waals surface area contributed by atoms with Crippen LogP contribution in [-0.2, 0) is 4.74 Å². The Labute approximate surface area is 114 Å². The van der Waals surface area contributed by atoms with E-state index in [-0.39, 0.29) is 17.9 Å². The number of methoxy groups -OCH3 is 1. The summed E-state index contributed by atoms with van der Waals surface area (Å²) in [5, 5.41) is 10.1. The molecule has 0 bridgehead atoms. The van der Waals surface area contributed by atoms with E-state index in [4.69, 9.17) is 9.47 Å². The van der Waals surface area contributed by atoms with E-state index < -0.39 is 0 Å². The molecule has 0 spiro atoms. The van der Waals surface area contributed by atoms with Gasteiger partial charge in [-0.25, -0.2) is 0 Å². The van der Waals surface area contributed by atoms with E-state index in [1.165, 1.54) is 0 Å². The molecule has 0 amide bonds. The number of ether oxygens (including phenoxy) is 2. The van der Waals surface area contributed by atoms with Gasteiger partial charge in [-0.3, -0.25) is 4.90 Å². The summed E-state index contributed by atoms with van der Waals surface area (Å²) >= 11 is 0. The van der Waals surface area contributed by atoms with Gasteiger partial charge in [0.2, 0.25) is 0 Å². The van der Waals surface area contributed by atoms with Crippen molar-refractivity contribution in [2.45, 2.75) is 38.5 Å². The number of hydrogen-bond donors (Lipinski definition) is 1. The van der Waals surface area contributed by atoms with Crippen molar-refractivity contribution in [2.75, 3.05) is 20.8 Å². The number of likely N-dealkylation sites (N-methyl/N-ethyl adjacent to an activating group) is 1. The first-order chi connectivity index (χ1) is 9.04. The molecule has 4 nitrogen and oxygen atoms in total. The Morgan fingerprint density at radius 3 is 2.74 bits per heavy atom. The van der Waals surface area contributed by atoms with E-state index in [1.807, 2.05) is 12.1 Å². The second kappa shape index (κ2) is 5.80. The van der Waals surface area contributed by atoms with Gasteiger partial charge in [0.15, 0.2) is 0 Å². The summed E-state index contributed by atoms with van der Waals surface area (Å²) in [4.78, 5) is 2.28. The molecule has 3 unspecified atom stereocenters. The minimum Gasteiger partial charge on any atom is -0.507 e. The lowest BCUT2D eigenvalue weighted by molar-refractivity contribution is 0.0699. The third-order valence-corrected chi connectivity index (χ3v) is 4.16. The number of rotatable bonds is 4. The number of phenolic OH excluding ortho intramolecular Hbond substituents is 1. The number of aromatic hydroxyl groups is 1. The second-order valence-electron chi connectivity index (χ2n) is 5.20. The summed E-state index contributed by atoms with van der Waals surface area (Å²) in [5.41, 5.74) is 0.919. The van der Waals surface area contributed by atoms with Gasteiger partial charge in [-0.2, -0.15) is 0 Å². The third kappa shape index (κ3) is 2.85. The van der Waals surface area contributed by atoms with Crippen LogP contribution >= 0.6 is 0 Å². The fourth-order valence-corrected chi connectivity index (χ4v) is 2.77. The van der Waals surface area contributed by atoms with Gasteiger partial charge >= 0.3 is 0 Å². The van der Waals surface area contributed by atoms with Crippen LogP contribution in [0.1, 0.15) is 31.9 Å². The van der Waals surface area contributed by atoms with Crippen molar-refractivity contribution >= 4 is 0 Å². The summed E-state index contributed by atoms with van der Waals surface area (Å²) in [6.45, 7) is 5.03. The zero-order valence-electron chi connectivity index (χ0n) is 12.1. The maximum absolute atomic E-state index is 10.1. The Bertz CT molecular complexity index is 435. The van der Waals surface area contributed by atoms with Crippen molar-refractivity contribution in [3.63, 3.8) is 0 Å². The van der Waals surface area contributed by atoms with Crippen molar-refractivity contribution in [3.05, 3.63) is 23.8 Å². The summed E-state index contributed by atoms with van der Waals surface area (Å²) in [6.07, 6.45) is 1.28. The topological polar surface area (TPSA) is 41.9 Å². The molecule has 106 valence electrons. The highest BCUT2D eigenvalue weighted by atomic mass is 16.5. The minimum absolute atomic E-state index is 0.139. The van der Waals surface area contributed by atoms with Crippen LogP contribution in [-0.4, -0.2) is 42.9 Å². The smallest absolute Gasteiger partial charge is 0.124 e. The van der Waals surface area contributed by atoms with Gasteiger partial charge in [0.1, 0.15) is 11.5 Å².